The summed E-state index contributed by atoms with van der Waals surface area (Å²) in [5.74, 6) is 0.598. The van der Waals surface area contributed by atoms with Crippen molar-refractivity contribution in [3.05, 3.63) is 64.7 Å². The lowest BCUT2D eigenvalue weighted by Gasteiger charge is -2.27. The highest BCUT2D eigenvalue weighted by Crippen LogP contribution is 2.31. The Morgan fingerprint density at radius 3 is 2.72 bits per heavy atom. The summed E-state index contributed by atoms with van der Waals surface area (Å²) < 4.78 is 0. The molecule has 0 aliphatic carbocycles. The summed E-state index contributed by atoms with van der Waals surface area (Å²) in [6, 6.07) is 15.4. The largest absolute Gasteiger partial charge is 0.384 e. The number of fused-ring (bicyclic) bond motifs is 1. The monoisotopic (exact) mass is 237 g/mol. The van der Waals surface area contributed by atoms with Crippen molar-refractivity contribution in [2.45, 2.75) is 26.2 Å². The maximum absolute atomic E-state index is 3.55. The van der Waals surface area contributed by atoms with Crippen LogP contribution in [0.2, 0.25) is 0 Å². The van der Waals surface area contributed by atoms with Gasteiger partial charge in [0.1, 0.15) is 0 Å². The average molecular weight is 237 g/mol. The molecule has 0 spiro atoms. The van der Waals surface area contributed by atoms with Gasteiger partial charge in [0.2, 0.25) is 0 Å². The summed E-state index contributed by atoms with van der Waals surface area (Å²) in [5, 5.41) is 3.55. The summed E-state index contributed by atoms with van der Waals surface area (Å²) in [4.78, 5) is 0. The standard InChI is InChI=1S/C17H19N/c1-12-7-8-16(13(2)9-12)15-10-14-5-3-4-6-17(14)18-11-15/h3-9,15,18H,10-11H2,1-2H3. The van der Waals surface area contributed by atoms with Gasteiger partial charge in [-0.3, -0.25) is 0 Å². The molecule has 1 heterocycles. The van der Waals surface area contributed by atoms with Crippen molar-refractivity contribution in [1.82, 2.24) is 0 Å². The lowest BCUT2D eigenvalue weighted by Crippen LogP contribution is -2.22. The zero-order valence-electron chi connectivity index (χ0n) is 11.0. The molecule has 0 saturated heterocycles. The van der Waals surface area contributed by atoms with Crippen LogP contribution in [0.25, 0.3) is 0 Å². The van der Waals surface area contributed by atoms with Gasteiger partial charge in [-0.15, -0.1) is 0 Å². The fourth-order valence-electron chi connectivity index (χ4n) is 2.95. The third kappa shape index (κ3) is 2.01. The molecule has 1 aliphatic rings. The van der Waals surface area contributed by atoms with E-state index in [9.17, 15) is 0 Å². The molecular formula is C17H19N. The van der Waals surface area contributed by atoms with Crippen LogP contribution in [0.5, 0.6) is 0 Å². The van der Waals surface area contributed by atoms with Crippen molar-refractivity contribution in [3.8, 4) is 0 Å². The Hall–Kier alpha value is -1.76. The van der Waals surface area contributed by atoms with E-state index < -0.39 is 0 Å². The van der Waals surface area contributed by atoms with Gasteiger partial charge in [0, 0.05) is 18.2 Å². The molecule has 0 amide bonds. The molecule has 2 aromatic carbocycles. The van der Waals surface area contributed by atoms with Crippen LogP contribution in [0.1, 0.15) is 28.2 Å². The molecule has 92 valence electrons. The highest BCUT2D eigenvalue weighted by atomic mass is 14.9. The topological polar surface area (TPSA) is 12.0 Å². The van der Waals surface area contributed by atoms with E-state index in [1.54, 1.807) is 0 Å². The second-order valence-electron chi connectivity index (χ2n) is 5.30. The Morgan fingerprint density at radius 1 is 1.06 bits per heavy atom. The maximum Gasteiger partial charge on any atom is 0.0373 e. The van der Waals surface area contributed by atoms with Crippen LogP contribution in [0.15, 0.2) is 42.5 Å². The van der Waals surface area contributed by atoms with Crippen LogP contribution in [0.4, 0.5) is 5.69 Å². The third-order valence-corrected chi connectivity index (χ3v) is 3.89. The predicted octanol–water partition coefficient (Wildman–Crippen LogP) is 4.06. The van der Waals surface area contributed by atoms with E-state index in [1.165, 1.54) is 27.9 Å². The van der Waals surface area contributed by atoms with E-state index in [2.05, 4.69) is 61.6 Å². The number of anilines is 1. The van der Waals surface area contributed by atoms with Gasteiger partial charge in [-0.25, -0.2) is 0 Å². The lowest BCUT2D eigenvalue weighted by molar-refractivity contribution is 0.690. The van der Waals surface area contributed by atoms with Crippen LogP contribution < -0.4 is 5.32 Å². The first-order valence-corrected chi connectivity index (χ1v) is 6.63. The third-order valence-electron chi connectivity index (χ3n) is 3.89. The first-order valence-electron chi connectivity index (χ1n) is 6.63. The van der Waals surface area contributed by atoms with Gasteiger partial charge < -0.3 is 5.32 Å². The van der Waals surface area contributed by atoms with Gasteiger partial charge in [0.15, 0.2) is 0 Å². The van der Waals surface area contributed by atoms with Gasteiger partial charge >= 0.3 is 0 Å². The average Bonchev–Trinajstić information content (AvgIpc) is 2.38. The Balaban J connectivity index is 1.92. The van der Waals surface area contributed by atoms with Crippen molar-refractivity contribution in [3.63, 3.8) is 0 Å². The minimum absolute atomic E-state index is 0.598. The van der Waals surface area contributed by atoms with E-state index in [4.69, 9.17) is 0 Å². The van der Waals surface area contributed by atoms with Crippen molar-refractivity contribution in [2.75, 3.05) is 11.9 Å². The van der Waals surface area contributed by atoms with Gasteiger partial charge in [-0.05, 0) is 43.0 Å². The first-order chi connectivity index (χ1) is 8.74. The number of hydrogen-bond donors (Lipinski definition) is 1. The highest BCUT2D eigenvalue weighted by molar-refractivity contribution is 5.55. The Morgan fingerprint density at radius 2 is 1.89 bits per heavy atom. The second kappa shape index (κ2) is 4.49. The smallest absolute Gasteiger partial charge is 0.0373 e. The fraction of sp³-hybridized carbons (Fsp3) is 0.294. The molecule has 0 saturated carbocycles. The molecule has 1 atom stereocenters. The number of rotatable bonds is 1. The van der Waals surface area contributed by atoms with Crippen LogP contribution in [0.3, 0.4) is 0 Å². The Bertz CT molecular complexity index is 572. The van der Waals surface area contributed by atoms with E-state index in [-0.39, 0.29) is 0 Å². The molecule has 0 aromatic heterocycles. The van der Waals surface area contributed by atoms with Crippen LogP contribution in [0, 0.1) is 13.8 Å². The summed E-state index contributed by atoms with van der Waals surface area (Å²) in [7, 11) is 0. The molecule has 1 heteroatoms. The predicted molar refractivity (Wildman–Crippen MR) is 77.3 cm³/mol. The number of benzene rings is 2. The summed E-state index contributed by atoms with van der Waals surface area (Å²) in [6.45, 7) is 5.43. The lowest BCUT2D eigenvalue weighted by atomic mass is 9.85. The second-order valence-corrected chi connectivity index (χ2v) is 5.30. The number of nitrogens with one attached hydrogen (secondary N) is 1. The molecule has 0 bridgehead atoms. The fourth-order valence-corrected chi connectivity index (χ4v) is 2.95. The Kier molecular flexibility index (Phi) is 2.83. The van der Waals surface area contributed by atoms with Crippen molar-refractivity contribution < 1.29 is 0 Å². The maximum atomic E-state index is 3.55. The minimum atomic E-state index is 0.598. The van der Waals surface area contributed by atoms with Crippen molar-refractivity contribution in [2.24, 2.45) is 0 Å². The van der Waals surface area contributed by atoms with Crippen molar-refractivity contribution in [1.29, 1.82) is 0 Å². The number of para-hydroxylation sites is 1. The van der Waals surface area contributed by atoms with Gasteiger partial charge in [-0.2, -0.15) is 0 Å². The number of hydrogen-bond acceptors (Lipinski definition) is 1. The first kappa shape index (κ1) is 11.3. The van der Waals surface area contributed by atoms with E-state index in [1.807, 2.05) is 0 Å². The van der Waals surface area contributed by atoms with E-state index in [0.29, 0.717) is 5.92 Å². The van der Waals surface area contributed by atoms with E-state index >= 15 is 0 Å². The van der Waals surface area contributed by atoms with Crippen LogP contribution in [-0.2, 0) is 6.42 Å². The summed E-state index contributed by atoms with van der Waals surface area (Å²) in [6.07, 6.45) is 1.15. The van der Waals surface area contributed by atoms with E-state index in [0.717, 1.165) is 13.0 Å². The quantitative estimate of drug-likeness (QED) is 0.788. The van der Waals surface area contributed by atoms with Crippen LogP contribution in [-0.4, -0.2) is 6.54 Å². The molecule has 1 N–H and O–H groups in total. The Labute approximate surface area is 109 Å². The van der Waals surface area contributed by atoms with Gasteiger partial charge in [-0.1, -0.05) is 42.0 Å². The molecule has 0 radical (unpaired) electrons. The molecule has 1 nitrogen and oxygen atoms in total. The normalized spacial score (nSPS) is 18.0. The zero-order chi connectivity index (χ0) is 12.5. The highest BCUT2D eigenvalue weighted by Gasteiger charge is 2.20. The summed E-state index contributed by atoms with van der Waals surface area (Å²) >= 11 is 0. The molecule has 3 rings (SSSR count). The minimum Gasteiger partial charge on any atom is -0.384 e. The molecule has 2 aromatic rings. The molecule has 1 aliphatic heterocycles. The number of aryl methyl sites for hydroxylation is 2. The molecule has 0 fully saturated rings. The van der Waals surface area contributed by atoms with Crippen molar-refractivity contribution >= 4 is 5.69 Å². The van der Waals surface area contributed by atoms with Gasteiger partial charge in [0.05, 0.1) is 0 Å². The van der Waals surface area contributed by atoms with Crippen LogP contribution >= 0.6 is 0 Å². The zero-order valence-corrected chi connectivity index (χ0v) is 11.0. The molecule has 1 unspecified atom stereocenters. The SMILES string of the molecule is Cc1ccc(C2CNc3ccccc3C2)c(C)c1. The molecular weight excluding hydrogens is 218 g/mol. The molecule has 18 heavy (non-hydrogen) atoms. The van der Waals surface area contributed by atoms with Gasteiger partial charge in [0.25, 0.3) is 0 Å². The summed E-state index contributed by atoms with van der Waals surface area (Å²) in [5.41, 5.74) is 7.00.